The van der Waals surface area contributed by atoms with Crippen LogP contribution in [0.15, 0.2) is 18.2 Å². The fourth-order valence-corrected chi connectivity index (χ4v) is 4.14. The summed E-state index contributed by atoms with van der Waals surface area (Å²) < 4.78 is 22.8. The second-order valence-corrected chi connectivity index (χ2v) is 7.42. The maximum Gasteiger partial charge on any atom is 0.272 e. The second-order valence-electron chi connectivity index (χ2n) is 5.19. The van der Waals surface area contributed by atoms with Crippen molar-refractivity contribution in [3.63, 3.8) is 0 Å². The monoisotopic (exact) mass is 293 g/mol. The van der Waals surface area contributed by atoms with Gasteiger partial charge in [-0.1, -0.05) is 11.6 Å². The van der Waals surface area contributed by atoms with Gasteiger partial charge in [0.1, 0.15) is 0 Å². The average Bonchev–Trinajstić information content (AvgIpc) is 2.92. The number of carbonyl (C=O) groups excluding carboxylic acids is 1. The van der Waals surface area contributed by atoms with E-state index >= 15 is 0 Å². The minimum Gasteiger partial charge on any atom is -0.347 e. The zero-order valence-corrected chi connectivity index (χ0v) is 11.8. The molecule has 2 N–H and O–H groups in total. The third kappa shape index (κ3) is 2.40. The summed E-state index contributed by atoms with van der Waals surface area (Å²) in [6.45, 7) is 1.94. The van der Waals surface area contributed by atoms with Gasteiger partial charge in [0.2, 0.25) is 0 Å². The summed E-state index contributed by atoms with van der Waals surface area (Å²) in [6, 6.07) is 5.38. The van der Waals surface area contributed by atoms with Gasteiger partial charge in [-0.3, -0.25) is 9.89 Å². The van der Waals surface area contributed by atoms with Crippen molar-refractivity contribution in [2.75, 3.05) is 11.5 Å². The van der Waals surface area contributed by atoms with Gasteiger partial charge in [-0.15, -0.1) is 0 Å². The van der Waals surface area contributed by atoms with Crippen molar-refractivity contribution in [2.45, 2.75) is 19.4 Å². The van der Waals surface area contributed by atoms with E-state index < -0.39 is 9.84 Å². The molecule has 3 rings (SSSR count). The Morgan fingerprint density at radius 1 is 1.45 bits per heavy atom. The predicted molar refractivity (Wildman–Crippen MR) is 75.4 cm³/mol. The molecule has 1 aromatic carbocycles. The van der Waals surface area contributed by atoms with Crippen molar-refractivity contribution in [3.05, 3.63) is 29.5 Å². The SMILES string of the molecule is Cc1ccc2[nH]nc(C(=O)NC3CCS(=O)(=O)C3)c2c1. The molecule has 0 aliphatic carbocycles. The third-order valence-electron chi connectivity index (χ3n) is 3.50. The van der Waals surface area contributed by atoms with Crippen molar-refractivity contribution in [2.24, 2.45) is 0 Å². The average molecular weight is 293 g/mol. The van der Waals surface area contributed by atoms with Crippen LogP contribution in [-0.2, 0) is 9.84 Å². The van der Waals surface area contributed by atoms with E-state index in [-0.39, 0.29) is 23.5 Å². The van der Waals surface area contributed by atoms with Gasteiger partial charge in [0, 0.05) is 11.4 Å². The molecule has 0 radical (unpaired) electrons. The lowest BCUT2D eigenvalue weighted by Crippen LogP contribution is -2.35. The molecule has 1 aliphatic heterocycles. The van der Waals surface area contributed by atoms with E-state index in [0.717, 1.165) is 16.5 Å². The fourth-order valence-electron chi connectivity index (χ4n) is 2.46. The number of nitrogens with zero attached hydrogens (tertiary/aromatic N) is 1. The molecule has 0 bridgehead atoms. The molecule has 20 heavy (non-hydrogen) atoms. The largest absolute Gasteiger partial charge is 0.347 e. The van der Waals surface area contributed by atoms with Gasteiger partial charge in [0.05, 0.1) is 17.0 Å². The number of carbonyl (C=O) groups is 1. The molecule has 1 fully saturated rings. The van der Waals surface area contributed by atoms with E-state index in [1.165, 1.54) is 0 Å². The van der Waals surface area contributed by atoms with Gasteiger partial charge >= 0.3 is 0 Å². The lowest BCUT2D eigenvalue weighted by Gasteiger charge is -2.09. The van der Waals surface area contributed by atoms with Crippen LogP contribution < -0.4 is 5.32 Å². The maximum absolute atomic E-state index is 12.2. The number of benzene rings is 1. The van der Waals surface area contributed by atoms with Crippen molar-refractivity contribution in [3.8, 4) is 0 Å². The van der Waals surface area contributed by atoms with Gasteiger partial charge < -0.3 is 5.32 Å². The molecule has 1 saturated heterocycles. The molecule has 2 aromatic rings. The van der Waals surface area contributed by atoms with Crippen LogP contribution in [0.2, 0.25) is 0 Å². The highest BCUT2D eigenvalue weighted by atomic mass is 32.2. The summed E-state index contributed by atoms with van der Waals surface area (Å²) in [6.07, 6.45) is 0.468. The van der Waals surface area contributed by atoms with Crippen LogP contribution in [0.25, 0.3) is 10.9 Å². The van der Waals surface area contributed by atoms with Crippen molar-refractivity contribution >= 4 is 26.6 Å². The molecule has 2 heterocycles. The zero-order valence-electron chi connectivity index (χ0n) is 11.0. The van der Waals surface area contributed by atoms with E-state index in [0.29, 0.717) is 12.1 Å². The number of rotatable bonds is 2. The lowest BCUT2D eigenvalue weighted by atomic mass is 10.1. The van der Waals surface area contributed by atoms with Crippen molar-refractivity contribution in [1.29, 1.82) is 0 Å². The van der Waals surface area contributed by atoms with Crippen LogP contribution in [0, 0.1) is 6.92 Å². The summed E-state index contributed by atoms with van der Waals surface area (Å²) in [5, 5.41) is 10.3. The molecule has 1 amide bonds. The van der Waals surface area contributed by atoms with Crippen LogP contribution in [-0.4, -0.2) is 42.1 Å². The Morgan fingerprint density at radius 2 is 2.25 bits per heavy atom. The summed E-state index contributed by atoms with van der Waals surface area (Å²) in [7, 11) is -3.00. The Labute approximate surface area is 116 Å². The molecular formula is C13H15N3O3S. The van der Waals surface area contributed by atoms with E-state index in [2.05, 4.69) is 15.5 Å². The number of sulfone groups is 1. The topological polar surface area (TPSA) is 91.9 Å². The first-order chi connectivity index (χ1) is 9.44. The number of aryl methyl sites for hydroxylation is 1. The molecule has 7 heteroatoms. The lowest BCUT2D eigenvalue weighted by molar-refractivity contribution is 0.0937. The molecule has 6 nitrogen and oxygen atoms in total. The Bertz CT molecular complexity index is 779. The van der Waals surface area contributed by atoms with Gasteiger partial charge in [-0.2, -0.15) is 5.10 Å². The number of aromatic nitrogens is 2. The quantitative estimate of drug-likeness (QED) is 0.856. The summed E-state index contributed by atoms with van der Waals surface area (Å²) >= 11 is 0. The van der Waals surface area contributed by atoms with Crippen LogP contribution in [0.1, 0.15) is 22.5 Å². The Balaban J connectivity index is 1.84. The molecule has 1 unspecified atom stereocenters. The van der Waals surface area contributed by atoms with Crippen LogP contribution >= 0.6 is 0 Å². The Kier molecular flexibility index (Phi) is 3.01. The van der Waals surface area contributed by atoms with E-state index in [9.17, 15) is 13.2 Å². The summed E-state index contributed by atoms with van der Waals surface area (Å²) in [5.74, 6) is -0.178. The smallest absolute Gasteiger partial charge is 0.272 e. The van der Waals surface area contributed by atoms with Crippen molar-refractivity contribution < 1.29 is 13.2 Å². The third-order valence-corrected chi connectivity index (χ3v) is 5.27. The molecule has 106 valence electrons. The van der Waals surface area contributed by atoms with Gasteiger partial charge in [0.25, 0.3) is 5.91 Å². The second kappa shape index (κ2) is 4.59. The van der Waals surface area contributed by atoms with E-state index in [4.69, 9.17) is 0 Å². The number of hydrogen-bond acceptors (Lipinski definition) is 4. The first kappa shape index (κ1) is 13.1. The van der Waals surface area contributed by atoms with Crippen LogP contribution in [0.3, 0.4) is 0 Å². The van der Waals surface area contributed by atoms with Gasteiger partial charge in [0.15, 0.2) is 15.5 Å². The standard InChI is InChI=1S/C13H15N3O3S/c1-8-2-3-11-10(6-8)12(16-15-11)13(17)14-9-4-5-20(18,19)7-9/h2-3,6,9H,4-5,7H2,1H3,(H,14,17)(H,15,16). The molecule has 0 saturated carbocycles. The number of nitrogens with one attached hydrogen (secondary N) is 2. The molecule has 0 spiro atoms. The molecular weight excluding hydrogens is 278 g/mol. The first-order valence-corrected chi connectivity index (χ1v) is 8.23. The normalized spacial score (nSPS) is 21.1. The highest BCUT2D eigenvalue weighted by Gasteiger charge is 2.29. The van der Waals surface area contributed by atoms with E-state index in [1.54, 1.807) is 0 Å². The number of fused-ring (bicyclic) bond motifs is 1. The minimum absolute atomic E-state index is 0.0140. The number of hydrogen-bond donors (Lipinski definition) is 2. The number of H-pyrrole nitrogens is 1. The summed E-state index contributed by atoms with van der Waals surface area (Å²) in [4.78, 5) is 12.2. The predicted octanol–water partition coefficient (Wildman–Crippen LogP) is 0.788. The highest BCUT2D eigenvalue weighted by Crippen LogP contribution is 2.18. The summed E-state index contributed by atoms with van der Waals surface area (Å²) in [5.41, 5.74) is 2.14. The maximum atomic E-state index is 12.2. The van der Waals surface area contributed by atoms with Gasteiger partial charge in [-0.05, 0) is 25.5 Å². The molecule has 1 aromatic heterocycles. The van der Waals surface area contributed by atoms with Gasteiger partial charge in [-0.25, -0.2) is 8.42 Å². The fraction of sp³-hybridized carbons (Fsp3) is 0.385. The molecule has 1 aliphatic rings. The van der Waals surface area contributed by atoms with Crippen LogP contribution in [0.5, 0.6) is 0 Å². The first-order valence-electron chi connectivity index (χ1n) is 6.41. The highest BCUT2D eigenvalue weighted by molar-refractivity contribution is 7.91. The Morgan fingerprint density at radius 3 is 2.95 bits per heavy atom. The number of aromatic amines is 1. The minimum atomic E-state index is -3.00. The van der Waals surface area contributed by atoms with Crippen molar-refractivity contribution in [1.82, 2.24) is 15.5 Å². The Hall–Kier alpha value is -1.89. The molecule has 1 atom stereocenters. The zero-order chi connectivity index (χ0) is 14.3. The van der Waals surface area contributed by atoms with E-state index in [1.807, 2.05) is 25.1 Å². The van der Waals surface area contributed by atoms with Crippen LogP contribution in [0.4, 0.5) is 0 Å². The number of amides is 1.